The molecule has 0 aliphatic heterocycles. The highest BCUT2D eigenvalue weighted by atomic mass is 32.1. The second kappa shape index (κ2) is 15.5. The van der Waals surface area contributed by atoms with Gasteiger partial charge in [0, 0.05) is 47.9 Å². The summed E-state index contributed by atoms with van der Waals surface area (Å²) in [6.07, 6.45) is 0. The van der Waals surface area contributed by atoms with Crippen molar-refractivity contribution >= 4 is 70.5 Å². The summed E-state index contributed by atoms with van der Waals surface area (Å²) in [6.45, 7) is 0. The highest BCUT2D eigenvalue weighted by Gasteiger charge is 2.24. The topological polar surface area (TPSA) is 16.4 Å². The molecule has 0 saturated carbocycles. The Morgan fingerprint density at radius 2 is 0.889 bits per heavy atom. The molecule has 0 bridgehead atoms. The second-order valence-corrected chi connectivity index (χ2v) is 17.0. The van der Waals surface area contributed by atoms with Gasteiger partial charge in [-0.1, -0.05) is 188 Å². The predicted octanol–water partition coefficient (Wildman–Crippen LogP) is 17.8. The van der Waals surface area contributed by atoms with Gasteiger partial charge in [-0.3, -0.25) is 0 Å². The number of furan rings is 1. The third-order valence-electron chi connectivity index (χ3n) is 12.3. The fourth-order valence-corrected chi connectivity index (χ4v) is 10.7. The summed E-state index contributed by atoms with van der Waals surface area (Å²) >= 11 is 1.87. The minimum absolute atomic E-state index is 0.893. The summed E-state index contributed by atoms with van der Waals surface area (Å²) in [6, 6.07) is 85.5. The van der Waals surface area contributed by atoms with Crippen molar-refractivity contribution in [2.75, 3.05) is 4.90 Å². The number of para-hydroxylation sites is 1. The number of benzene rings is 10. The molecule has 0 unspecified atom stereocenters. The van der Waals surface area contributed by atoms with E-state index in [4.69, 9.17) is 4.42 Å². The standard InChI is InChI=1S/C60H39NOS/c1-3-17-40(18-4-1)46-23-7-8-25-51(46)58-47(41-19-5-2-6-20-41)27-15-31-54(58)61(44-37-35-42(36-38-44)48-28-16-33-56-59(48)53-26-9-11-32-55(53)62-56)45-22-13-21-43(39-45)49-29-14-30-52-50-24-10-12-34-57(50)63-60(49)52/h1-39H. The van der Waals surface area contributed by atoms with E-state index in [0.717, 1.165) is 55.7 Å². The summed E-state index contributed by atoms with van der Waals surface area (Å²) in [7, 11) is 0. The van der Waals surface area contributed by atoms with Crippen LogP contribution < -0.4 is 4.90 Å². The van der Waals surface area contributed by atoms with Gasteiger partial charge < -0.3 is 9.32 Å². The Labute approximate surface area is 370 Å². The lowest BCUT2D eigenvalue weighted by Gasteiger charge is -2.30. The van der Waals surface area contributed by atoms with Crippen LogP contribution in [-0.4, -0.2) is 0 Å². The number of hydrogen-bond donors (Lipinski definition) is 0. The van der Waals surface area contributed by atoms with E-state index < -0.39 is 0 Å². The minimum Gasteiger partial charge on any atom is -0.456 e. The van der Waals surface area contributed by atoms with Gasteiger partial charge in [-0.2, -0.15) is 0 Å². The molecule has 0 spiro atoms. The van der Waals surface area contributed by atoms with E-state index in [1.54, 1.807) is 0 Å². The fourth-order valence-electron chi connectivity index (χ4n) is 9.46. The quantitative estimate of drug-likeness (QED) is 0.152. The van der Waals surface area contributed by atoms with Crippen LogP contribution in [0.5, 0.6) is 0 Å². The molecule has 0 aliphatic rings. The van der Waals surface area contributed by atoms with Crippen LogP contribution in [-0.2, 0) is 0 Å². The van der Waals surface area contributed by atoms with E-state index in [1.807, 2.05) is 23.5 Å². The first kappa shape index (κ1) is 36.8. The largest absolute Gasteiger partial charge is 0.456 e. The summed E-state index contributed by atoms with van der Waals surface area (Å²) < 4.78 is 8.92. The molecular formula is C60H39NOS. The molecule has 0 amide bonds. The molecule has 296 valence electrons. The number of rotatable bonds is 8. The molecule has 10 aromatic carbocycles. The van der Waals surface area contributed by atoms with E-state index in [2.05, 4.69) is 229 Å². The highest BCUT2D eigenvalue weighted by Crippen LogP contribution is 2.49. The van der Waals surface area contributed by atoms with Crippen molar-refractivity contribution < 1.29 is 4.42 Å². The van der Waals surface area contributed by atoms with E-state index >= 15 is 0 Å². The van der Waals surface area contributed by atoms with E-state index in [9.17, 15) is 0 Å². The van der Waals surface area contributed by atoms with Crippen molar-refractivity contribution in [1.29, 1.82) is 0 Å². The molecule has 2 aromatic heterocycles. The maximum absolute atomic E-state index is 6.32. The Bertz CT molecular complexity index is 3620. The van der Waals surface area contributed by atoms with Crippen LogP contribution in [0.4, 0.5) is 17.1 Å². The molecule has 63 heavy (non-hydrogen) atoms. The van der Waals surface area contributed by atoms with Gasteiger partial charge in [0.2, 0.25) is 0 Å². The van der Waals surface area contributed by atoms with Crippen LogP contribution in [0.3, 0.4) is 0 Å². The van der Waals surface area contributed by atoms with Gasteiger partial charge in [-0.25, -0.2) is 0 Å². The number of hydrogen-bond acceptors (Lipinski definition) is 3. The van der Waals surface area contributed by atoms with Crippen molar-refractivity contribution in [3.8, 4) is 55.6 Å². The van der Waals surface area contributed by atoms with E-state index in [-0.39, 0.29) is 0 Å². The van der Waals surface area contributed by atoms with Gasteiger partial charge in [0.25, 0.3) is 0 Å². The first-order valence-electron chi connectivity index (χ1n) is 21.4. The van der Waals surface area contributed by atoms with Crippen LogP contribution in [0.25, 0.3) is 97.7 Å². The molecular weight excluding hydrogens is 783 g/mol. The van der Waals surface area contributed by atoms with Gasteiger partial charge in [-0.05, 0) is 98.6 Å². The average Bonchev–Trinajstić information content (AvgIpc) is 3.94. The number of anilines is 3. The molecule has 0 saturated heterocycles. The Morgan fingerprint density at radius 1 is 0.333 bits per heavy atom. The maximum Gasteiger partial charge on any atom is 0.136 e. The Morgan fingerprint density at radius 3 is 1.71 bits per heavy atom. The zero-order valence-electron chi connectivity index (χ0n) is 34.3. The van der Waals surface area contributed by atoms with Gasteiger partial charge in [-0.15, -0.1) is 11.3 Å². The summed E-state index contributed by atoms with van der Waals surface area (Å²) in [5, 5.41) is 4.85. The van der Waals surface area contributed by atoms with Crippen molar-refractivity contribution in [2.45, 2.75) is 0 Å². The minimum atomic E-state index is 0.893. The average molecular weight is 822 g/mol. The maximum atomic E-state index is 6.32. The lowest BCUT2D eigenvalue weighted by molar-refractivity contribution is 0.669. The number of fused-ring (bicyclic) bond motifs is 6. The summed E-state index contributed by atoms with van der Waals surface area (Å²) in [5.74, 6) is 0. The predicted molar refractivity (Wildman–Crippen MR) is 268 cm³/mol. The molecule has 0 fully saturated rings. The molecule has 0 atom stereocenters. The smallest absolute Gasteiger partial charge is 0.136 e. The van der Waals surface area contributed by atoms with E-state index in [0.29, 0.717) is 0 Å². The zero-order chi connectivity index (χ0) is 41.7. The molecule has 0 aliphatic carbocycles. The first-order valence-corrected chi connectivity index (χ1v) is 22.2. The van der Waals surface area contributed by atoms with Crippen LogP contribution in [0.1, 0.15) is 0 Å². The van der Waals surface area contributed by atoms with Crippen LogP contribution in [0.15, 0.2) is 241 Å². The van der Waals surface area contributed by atoms with Crippen LogP contribution in [0, 0.1) is 0 Å². The third-order valence-corrected chi connectivity index (χ3v) is 13.5. The van der Waals surface area contributed by atoms with Crippen molar-refractivity contribution in [1.82, 2.24) is 0 Å². The highest BCUT2D eigenvalue weighted by molar-refractivity contribution is 7.26. The number of thiophene rings is 1. The second-order valence-electron chi connectivity index (χ2n) is 16.0. The SMILES string of the molecule is c1ccc(-c2ccccc2-c2c(-c3ccccc3)cccc2N(c2ccc(-c3cccc4oc5ccccc5c34)cc2)c2cccc(-c3cccc4c3sc3ccccc34)c2)cc1. The molecule has 0 N–H and O–H groups in total. The fraction of sp³-hybridized carbons (Fsp3) is 0. The molecule has 12 aromatic rings. The van der Waals surface area contributed by atoms with Crippen LogP contribution in [0.2, 0.25) is 0 Å². The van der Waals surface area contributed by atoms with Gasteiger partial charge in [0.15, 0.2) is 0 Å². The van der Waals surface area contributed by atoms with Crippen LogP contribution >= 0.6 is 11.3 Å². The van der Waals surface area contributed by atoms with Crippen molar-refractivity contribution in [2.24, 2.45) is 0 Å². The lowest BCUT2D eigenvalue weighted by atomic mass is 9.87. The summed E-state index contributed by atoms with van der Waals surface area (Å²) in [5.41, 5.74) is 16.7. The van der Waals surface area contributed by atoms with Gasteiger partial charge in [0.1, 0.15) is 11.2 Å². The summed E-state index contributed by atoms with van der Waals surface area (Å²) in [4.78, 5) is 2.45. The Hall–Kier alpha value is -7.98. The zero-order valence-corrected chi connectivity index (χ0v) is 35.1. The first-order chi connectivity index (χ1) is 31.3. The monoisotopic (exact) mass is 821 g/mol. The Kier molecular flexibility index (Phi) is 9.06. The molecule has 3 heteroatoms. The Balaban J connectivity index is 1.10. The van der Waals surface area contributed by atoms with Crippen molar-refractivity contribution in [3.63, 3.8) is 0 Å². The molecule has 2 heterocycles. The number of nitrogens with zero attached hydrogens (tertiary/aromatic N) is 1. The normalized spacial score (nSPS) is 11.5. The lowest BCUT2D eigenvalue weighted by Crippen LogP contribution is -2.12. The third kappa shape index (κ3) is 6.41. The molecule has 0 radical (unpaired) electrons. The molecule has 2 nitrogen and oxygen atoms in total. The van der Waals surface area contributed by atoms with Gasteiger partial charge >= 0.3 is 0 Å². The van der Waals surface area contributed by atoms with Gasteiger partial charge in [0.05, 0.1) is 5.69 Å². The van der Waals surface area contributed by atoms with Crippen molar-refractivity contribution in [3.05, 3.63) is 237 Å². The van der Waals surface area contributed by atoms with E-state index in [1.165, 1.54) is 59.1 Å². The molecule has 12 rings (SSSR count).